The third-order valence-corrected chi connectivity index (χ3v) is 4.60. The Morgan fingerprint density at radius 3 is 2.45 bits per heavy atom. The summed E-state index contributed by atoms with van der Waals surface area (Å²) < 4.78 is 5.40. The number of hydrogen-bond acceptors (Lipinski definition) is 4. The largest absolute Gasteiger partial charge is 0.444 e. The zero-order valence-electron chi connectivity index (χ0n) is 14.6. The van der Waals surface area contributed by atoms with Crippen LogP contribution in [-0.2, 0) is 4.74 Å². The predicted molar refractivity (Wildman–Crippen MR) is 86.8 cm³/mol. The van der Waals surface area contributed by atoms with Crippen LogP contribution < -0.4 is 0 Å². The molecule has 1 atom stereocenters. The van der Waals surface area contributed by atoms with Gasteiger partial charge in [-0.3, -0.25) is 0 Å². The first kappa shape index (κ1) is 17.5. The second kappa shape index (κ2) is 6.75. The first-order valence-electron chi connectivity index (χ1n) is 8.60. The average molecular weight is 312 g/mol. The zero-order chi connectivity index (χ0) is 16.4. The van der Waals surface area contributed by atoms with Crippen molar-refractivity contribution in [1.29, 1.82) is 0 Å². The van der Waals surface area contributed by atoms with Crippen molar-refractivity contribution in [3.63, 3.8) is 0 Å². The maximum atomic E-state index is 12.1. The Bertz CT molecular complexity index is 384. The molecule has 2 aliphatic rings. The van der Waals surface area contributed by atoms with Gasteiger partial charge in [0, 0.05) is 26.2 Å². The van der Waals surface area contributed by atoms with Crippen molar-refractivity contribution in [1.82, 2.24) is 9.80 Å². The van der Waals surface area contributed by atoms with Gasteiger partial charge < -0.3 is 19.6 Å². The molecule has 2 saturated heterocycles. The number of hydrogen-bond donors (Lipinski definition) is 1. The lowest BCUT2D eigenvalue weighted by Crippen LogP contribution is -2.53. The molecule has 22 heavy (non-hydrogen) atoms. The molecule has 5 nitrogen and oxygen atoms in total. The van der Waals surface area contributed by atoms with E-state index in [0.717, 1.165) is 25.6 Å². The van der Waals surface area contributed by atoms with Crippen molar-refractivity contribution in [2.24, 2.45) is 5.92 Å². The fourth-order valence-electron chi connectivity index (χ4n) is 3.44. The van der Waals surface area contributed by atoms with E-state index in [1.54, 1.807) is 4.90 Å². The van der Waals surface area contributed by atoms with E-state index in [-0.39, 0.29) is 6.09 Å². The third-order valence-electron chi connectivity index (χ3n) is 4.60. The van der Waals surface area contributed by atoms with Crippen LogP contribution in [0.2, 0.25) is 0 Å². The zero-order valence-corrected chi connectivity index (χ0v) is 14.6. The van der Waals surface area contributed by atoms with Crippen LogP contribution in [0.5, 0.6) is 0 Å². The highest BCUT2D eigenvalue weighted by Crippen LogP contribution is 2.26. The molecule has 0 aromatic carbocycles. The average Bonchev–Trinajstić information content (AvgIpc) is 2.36. The van der Waals surface area contributed by atoms with E-state index in [2.05, 4.69) is 11.8 Å². The van der Waals surface area contributed by atoms with Gasteiger partial charge in [0.1, 0.15) is 5.60 Å². The van der Waals surface area contributed by atoms with Crippen LogP contribution in [0.15, 0.2) is 0 Å². The molecule has 2 heterocycles. The summed E-state index contributed by atoms with van der Waals surface area (Å²) in [7, 11) is 0. The molecular formula is C17H32N2O3. The number of nitrogens with zero attached hydrogens (tertiary/aromatic N) is 2. The number of amides is 1. The van der Waals surface area contributed by atoms with Gasteiger partial charge in [-0.2, -0.15) is 0 Å². The molecule has 1 N–H and O–H groups in total. The maximum Gasteiger partial charge on any atom is 0.410 e. The molecular weight excluding hydrogens is 280 g/mol. The van der Waals surface area contributed by atoms with Gasteiger partial charge in [-0.25, -0.2) is 4.79 Å². The Balaban J connectivity index is 1.81. The number of piperidine rings is 2. The highest BCUT2D eigenvalue weighted by Gasteiger charge is 2.37. The van der Waals surface area contributed by atoms with Crippen LogP contribution in [0.1, 0.15) is 53.4 Å². The van der Waals surface area contributed by atoms with Gasteiger partial charge in [0.05, 0.1) is 5.60 Å². The smallest absolute Gasteiger partial charge is 0.410 e. The monoisotopic (exact) mass is 312 g/mol. The molecule has 0 aromatic heterocycles. The lowest BCUT2D eigenvalue weighted by Gasteiger charge is -2.42. The standard InChI is InChI=1S/C17H32N2O3/c1-14-6-5-9-18(12-14)13-17(21)7-10-19(11-8-17)15(20)22-16(2,3)4/h14,21H,5-13H2,1-4H3. The van der Waals surface area contributed by atoms with Crippen LogP contribution >= 0.6 is 0 Å². The number of carbonyl (C=O) groups excluding carboxylic acids is 1. The van der Waals surface area contributed by atoms with Crippen molar-refractivity contribution in [2.75, 3.05) is 32.7 Å². The Morgan fingerprint density at radius 2 is 1.91 bits per heavy atom. The minimum Gasteiger partial charge on any atom is -0.444 e. The number of ether oxygens (including phenoxy) is 1. The number of carbonyl (C=O) groups is 1. The van der Waals surface area contributed by atoms with Crippen LogP contribution in [0.3, 0.4) is 0 Å². The molecule has 1 unspecified atom stereocenters. The van der Waals surface area contributed by atoms with Crippen LogP contribution in [0.25, 0.3) is 0 Å². The topological polar surface area (TPSA) is 53.0 Å². The van der Waals surface area contributed by atoms with E-state index in [0.29, 0.717) is 25.9 Å². The molecule has 2 aliphatic heterocycles. The van der Waals surface area contributed by atoms with Gasteiger partial charge in [0.2, 0.25) is 0 Å². The van der Waals surface area contributed by atoms with E-state index in [1.165, 1.54) is 12.8 Å². The molecule has 1 amide bonds. The number of aliphatic hydroxyl groups is 1. The minimum absolute atomic E-state index is 0.263. The van der Waals surface area contributed by atoms with Crippen LogP contribution in [-0.4, -0.2) is 64.9 Å². The van der Waals surface area contributed by atoms with Crippen molar-refractivity contribution >= 4 is 6.09 Å². The maximum absolute atomic E-state index is 12.1. The highest BCUT2D eigenvalue weighted by molar-refractivity contribution is 5.68. The first-order valence-corrected chi connectivity index (χ1v) is 8.60. The Kier molecular flexibility index (Phi) is 5.38. The quantitative estimate of drug-likeness (QED) is 0.851. The predicted octanol–water partition coefficient (Wildman–Crippen LogP) is 2.48. The SMILES string of the molecule is CC1CCCN(CC2(O)CCN(C(=O)OC(C)(C)C)CC2)C1. The molecule has 0 spiro atoms. The molecule has 5 heteroatoms. The number of likely N-dealkylation sites (tertiary alicyclic amines) is 2. The molecule has 128 valence electrons. The minimum atomic E-state index is -0.657. The molecule has 0 bridgehead atoms. The summed E-state index contributed by atoms with van der Waals surface area (Å²) in [6.45, 7) is 12.0. The summed E-state index contributed by atoms with van der Waals surface area (Å²) in [6, 6.07) is 0. The Labute approximate surface area is 134 Å². The van der Waals surface area contributed by atoms with E-state index in [1.807, 2.05) is 20.8 Å². The summed E-state index contributed by atoms with van der Waals surface area (Å²) >= 11 is 0. The fraction of sp³-hybridized carbons (Fsp3) is 0.941. The second-order valence-corrected chi connectivity index (χ2v) is 8.17. The van der Waals surface area contributed by atoms with E-state index < -0.39 is 11.2 Å². The summed E-state index contributed by atoms with van der Waals surface area (Å²) in [5, 5.41) is 10.8. The highest BCUT2D eigenvalue weighted by atomic mass is 16.6. The van der Waals surface area contributed by atoms with Crippen molar-refractivity contribution < 1.29 is 14.6 Å². The lowest BCUT2D eigenvalue weighted by molar-refractivity contribution is -0.0548. The second-order valence-electron chi connectivity index (χ2n) is 8.17. The van der Waals surface area contributed by atoms with Crippen molar-refractivity contribution in [3.8, 4) is 0 Å². The van der Waals surface area contributed by atoms with Crippen molar-refractivity contribution in [2.45, 2.75) is 64.6 Å². The van der Waals surface area contributed by atoms with Crippen LogP contribution in [0, 0.1) is 5.92 Å². The van der Waals surface area contributed by atoms with E-state index in [9.17, 15) is 9.90 Å². The Morgan fingerprint density at radius 1 is 1.27 bits per heavy atom. The first-order chi connectivity index (χ1) is 10.2. The van der Waals surface area contributed by atoms with Gasteiger partial charge in [0.25, 0.3) is 0 Å². The summed E-state index contributed by atoms with van der Waals surface area (Å²) in [5.74, 6) is 0.721. The van der Waals surface area contributed by atoms with Gasteiger partial charge in [-0.15, -0.1) is 0 Å². The normalized spacial score (nSPS) is 26.8. The summed E-state index contributed by atoms with van der Waals surface area (Å²) in [6.07, 6.45) is 3.53. The number of β-amino-alcohol motifs (C(OH)–C–C–N with tert-alkyl or cyclic N) is 1. The molecule has 0 saturated carbocycles. The molecule has 0 aliphatic carbocycles. The molecule has 0 aromatic rings. The summed E-state index contributed by atoms with van der Waals surface area (Å²) in [5.41, 5.74) is -1.12. The van der Waals surface area contributed by atoms with Crippen LogP contribution in [0.4, 0.5) is 4.79 Å². The van der Waals surface area contributed by atoms with Gasteiger partial charge in [-0.05, 0) is 58.9 Å². The molecule has 0 radical (unpaired) electrons. The van der Waals surface area contributed by atoms with Crippen molar-refractivity contribution in [3.05, 3.63) is 0 Å². The number of rotatable bonds is 2. The van der Waals surface area contributed by atoms with Gasteiger partial charge >= 0.3 is 6.09 Å². The molecule has 2 rings (SSSR count). The van der Waals surface area contributed by atoms with Gasteiger partial charge in [-0.1, -0.05) is 6.92 Å². The molecule has 2 fully saturated rings. The summed E-state index contributed by atoms with van der Waals surface area (Å²) in [4.78, 5) is 16.2. The Hall–Kier alpha value is -0.810. The fourth-order valence-corrected chi connectivity index (χ4v) is 3.44. The van der Waals surface area contributed by atoms with E-state index >= 15 is 0 Å². The lowest BCUT2D eigenvalue weighted by atomic mass is 9.89. The van der Waals surface area contributed by atoms with E-state index in [4.69, 9.17) is 4.74 Å². The third kappa shape index (κ3) is 5.13. The van der Waals surface area contributed by atoms with Gasteiger partial charge in [0.15, 0.2) is 0 Å².